The van der Waals surface area contributed by atoms with Gasteiger partial charge in [-0.3, -0.25) is 9.59 Å². The number of aliphatic imine (C=N–C) groups is 1. The minimum Gasteiger partial charge on any atom is -0.383 e. The number of likely N-dealkylation sites (N-methyl/N-ethyl adjacent to an activating group) is 1. The van der Waals surface area contributed by atoms with Gasteiger partial charge in [0, 0.05) is 52.8 Å². The molecule has 1 atom stereocenters. The Morgan fingerprint density at radius 1 is 1.18 bits per heavy atom. The van der Waals surface area contributed by atoms with Crippen molar-refractivity contribution in [3.63, 3.8) is 0 Å². The second-order valence-electron chi connectivity index (χ2n) is 7.62. The highest BCUT2D eigenvalue weighted by atomic mass is 127. The first kappa shape index (κ1) is 24.9. The Kier molecular flexibility index (Phi) is 11.7. The molecule has 8 nitrogen and oxygen atoms in total. The number of carbonyl (C=O) groups is 2. The number of methoxy groups -OCH3 is 1. The molecule has 1 aliphatic carbocycles. The Balaban J connectivity index is 0.00000392. The lowest BCUT2D eigenvalue weighted by molar-refractivity contribution is -0.135. The van der Waals surface area contributed by atoms with Crippen LogP contribution in [0.5, 0.6) is 0 Å². The van der Waals surface area contributed by atoms with Gasteiger partial charge in [0.2, 0.25) is 11.8 Å². The van der Waals surface area contributed by atoms with Crippen LogP contribution in [0.25, 0.3) is 0 Å². The van der Waals surface area contributed by atoms with Crippen LogP contribution in [0.1, 0.15) is 38.5 Å². The summed E-state index contributed by atoms with van der Waals surface area (Å²) in [6.07, 6.45) is 6.56. The fraction of sp³-hybridized carbons (Fsp3) is 0.842. The van der Waals surface area contributed by atoms with Gasteiger partial charge in [0.1, 0.15) is 6.54 Å². The second-order valence-corrected chi connectivity index (χ2v) is 7.62. The van der Waals surface area contributed by atoms with Crippen LogP contribution >= 0.6 is 24.0 Å². The molecule has 0 radical (unpaired) electrons. The maximum atomic E-state index is 12.7. The molecule has 0 bridgehead atoms. The van der Waals surface area contributed by atoms with Crippen molar-refractivity contribution in [2.75, 3.05) is 54.0 Å². The molecular formula is C19H36IN5O3. The summed E-state index contributed by atoms with van der Waals surface area (Å²) >= 11 is 0. The van der Waals surface area contributed by atoms with Crippen LogP contribution in [-0.2, 0) is 14.3 Å². The topological polar surface area (TPSA) is 86.3 Å². The van der Waals surface area contributed by atoms with E-state index in [0.29, 0.717) is 31.6 Å². The number of likely N-dealkylation sites (tertiary alicyclic amines) is 1. The van der Waals surface area contributed by atoms with Gasteiger partial charge in [-0.05, 0) is 19.3 Å². The van der Waals surface area contributed by atoms with E-state index < -0.39 is 0 Å². The Bertz CT molecular complexity index is 524. The number of halogens is 1. The number of guanidine groups is 1. The molecule has 1 heterocycles. The summed E-state index contributed by atoms with van der Waals surface area (Å²) in [4.78, 5) is 32.4. The van der Waals surface area contributed by atoms with Crippen molar-refractivity contribution >= 4 is 41.8 Å². The SMILES string of the molecule is COCCNC(=NCC(=O)N(C)C)NC1CCN(C(=O)C2CCCCC2)C1.I. The third-order valence-corrected chi connectivity index (χ3v) is 5.27. The molecule has 2 amide bonds. The Labute approximate surface area is 185 Å². The molecule has 1 unspecified atom stereocenters. The van der Waals surface area contributed by atoms with Gasteiger partial charge >= 0.3 is 0 Å². The highest BCUT2D eigenvalue weighted by Gasteiger charge is 2.31. The van der Waals surface area contributed by atoms with Crippen molar-refractivity contribution in [2.24, 2.45) is 10.9 Å². The van der Waals surface area contributed by atoms with Crippen LogP contribution < -0.4 is 10.6 Å². The quantitative estimate of drug-likeness (QED) is 0.232. The van der Waals surface area contributed by atoms with Gasteiger partial charge in [-0.1, -0.05) is 19.3 Å². The fourth-order valence-electron chi connectivity index (χ4n) is 3.59. The van der Waals surface area contributed by atoms with Gasteiger partial charge in [0.05, 0.1) is 6.61 Å². The van der Waals surface area contributed by atoms with Crippen LogP contribution in [0.2, 0.25) is 0 Å². The third kappa shape index (κ3) is 8.10. The smallest absolute Gasteiger partial charge is 0.243 e. The summed E-state index contributed by atoms with van der Waals surface area (Å²) in [5, 5.41) is 6.56. The van der Waals surface area contributed by atoms with E-state index in [2.05, 4.69) is 15.6 Å². The van der Waals surface area contributed by atoms with E-state index >= 15 is 0 Å². The molecule has 0 aromatic rings. The summed E-state index contributed by atoms with van der Waals surface area (Å²) in [5.74, 6) is 1.07. The molecule has 0 spiro atoms. The number of carbonyl (C=O) groups excluding carboxylic acids is 2. The van der Waals surface area contributed by atoms with Gasteiger partial charge in [-0.2, -0.15) is 0 Å². The summed E-state index contributed by atoms with van der Waals surface area (Å²) in [6.45, 7) is 2.74. The van der Waals surface area contributed by atoms with E-state index in [1.165, 1.54) is 24.2 Å². The first-order valence-electron chi connectivity index (χ1n) is 10.0. The Hall–Kier alpha value is -1.10. The van der Waals surface area contributed by atoms with Gasteiger partial charge < -0.3 is 25.2 Å². The summed E-state index contributed by atoms with van der Waals surface area (Å²) in [7, 11) is 5.08. The molecule has 2 aliphatic rings. The molecule has 0 aromatic carbocycles. The van der Waals surface area contributed by atoms with Crippen LogP contribution in [0.15, 0.2) is 4.99 Å². The number of hydrogen-bond acceptors (Lipinski definition) is 4. The molecule has 1 saturated carbocycles. The zero-order valence-electron chi connectivity index (χ0n) is 17.4. The van der Waals surface area contributed by atoms with E-state index in [1.807, 2.05) is 4.90 Å². The third-order valence-electron chi connectivity index (χ3n) is 5.27. The van der Waals surface area contributed by atoms with Crippen LogP contribution in [0.3, 0.4) is 0 Å². The van der Waals surface area contributed by atoms with Gasteiger partial charge in [-0.15, -0.1) is 24.0 Å². The van der Waals surface area contributed by atoms with E-state index in [1.54, 1.807) is 21.2 Å². The normalized spacial score (nSPS) is 20.5. The zero-order valence-corrected chi connectivity index (χ0v) is 19.7. The van der Waals surface area contributed by atoms with Gasteiger partial charge in [0.15, 0.2) is 5.96 Å². The van der Waals surface area contributed by atoms with E-state index in [9.17, 15) is 9.59 Å². The molecule has 9 heteroatoms. The molecule has 2 N–H and O–H groups in total. The minimum absolute atomic E-state index is 0. The van der Waals surface area contributed by atoms with E-state index in [-0.39, 0.29) is 48.4 Å². The number of nitrogens with one attached hydrogen (secondary N) is 2. The zero-order chi connectivity index (χ0) is 19.6. The highest BCUT2D eigenvalue weighted by molar-refractivity contribution is 14.0. The first-order valence-corrected chi connectivity index (χ1v) is 10.0. The van der Waals surface area contributed by atoms with Crippen molar-refractivity contribution in [2.45, 2.75) is 44.6 Å². The molecule has 0 aromatic heterocycles. The average molecular weight is 509 g/mol. The van der Waals surface area contributed by atoms with Crippen LogP contribution in [0, 0.1) is 5.92 Å². The lowest BCUT2D eigenvalue weighted by Crippen LogP contribution is -2.46. The van der Waals surface area contributed by atoms with Crippen LogP contribution in [-0.4, -0.2) is 87.6 Å². The lowest BCUT2D eigenvalue weighted by atomic mass is 9.88. The number of hydrogen-bond donors (Lipinski definition) is 2. The van der Waals surface area contributed by atoms with E-state index in [0.717, 1.165) is 25.8 Å². The number of ether oxygens (including phenoxy) is 1. The first-order chi connectivity index (χ1) is 13.0. The predicted molar refractivity (Wildman–Crippen MR) is 121 cm³/mol. The summed E-state index contributed by atoms with van der Waals surface area (Å²) in [6, 6.07) is 0.154. The number of rotatable bonds is 7. The molecule has 28 heavy (non-hydrogen) atoms. The van der Waals surface area contributed by atoms with Crippen molar-refractivity contribution in [1.82, 2.24) is 20.4 Å². The predicted octanol–water partition coefficient (Wildman–Crippen LogP) is 1.06. The van der Waals surface area contributed by atoms with E-state index in [4.69, 9.17) is 4.74 Å². The fourth-order valence-corrected chi connectivity index (χ4v) is 3.59. The van der Waals surface area contributed by atoms with Crippen molar-refractivity contribution in [3.05, 3.63) is 0 Å². The van der Waals surface area contributed by atoms with Crippen molar-refractivity contribution in [3.8, 4) is 0 Å². The van der Waals surface area contributed by atoms with Crippen LogP contribution in [0.4, 0.5) is 0 Å². The largest absolute Gasteiger partial charge is 0.383 e. The standard InChI is InChI=1S/C19H35N5O3.HI/c1-23(2)17(25)13-21-19(20-10-12-27-3)22-16-9-11-24(14-16)18(26)15-7-5-4-6-8-15;/h15-16H,4-14H2,1-3H3,(H2,20,21,22);1H. The lowest BCUT2D eigenvalue weighted by Gasteiger charge is -2.26. The minimum atomic E-state index is -0.0524. The van der Waals surface area contributed by atoms with Crippen molar-refractivity contribution in [1.29, 1.82) is 0 Å². The van der Waals surface area contributed by atoms with Gasteiger partial charge in [-0.25, -0.2) is 4.99 Å². The summed E-state index contributed by atoms with van der Waals surface area (Å²) in [5.41, 5.74) is 0. The monoisotopic (exact) mass is 509 g/mol. The average Bonchev–Trinajstić information content (AvgIpc) is 3.14. The summed E-state index contributed by atoms with van der Waals surface area (Å²) < 4.78 is 5.07. The molecule has 2 rings (SSSR count). The van der Waals surface area contributed by atoms with Crippen molar-refractivity contribution < 1.29 is 14.3 Å². The van der Waals surface area contributed by atoms with Gasteiger partial charge in [0.25, 0.3) is 0 Å². The molecular weight excluding hydrogens is 473 g/mol. The Morgan fingerprint density at radius 2 is 1.89 bits per heavy atom. The molecule has 162 valence electrons. The molecule has 1 saturated heterocycles. The maximum Gasteiger partial charge on any atom is 0.243 e. The Morgan fingerprint density at radius 3 is 2.54 bits per heavy atom. The second kappa shape index (κ2) is 13.2. The maximum absolute atomic E-state index is 12.7. The number of nitrogens with zero attached hydrogens (tertiary/aromatic N) is 3. The highest BCUT2D eigenvalue weighted by Crippen LogP contribution is 2.26. The molecule has 1 aliphatic heterocycles. The number of amides is 2. The molecule has 2 fully saturated rings.